The molecule has 4 heteroatoms. The third-order valence-electron chi connectivity index (χ3n) is 4.16. The first-order valence-corrected chi connectivity index (χ1v) is 7.85. The first-order chi connectivity index (χ1) is 9.70. The van der Waals surface area contributed by atoms with Gasteiger partial charge in [0.25, 0.3) is 0 Å². The minimum atomic E-state index is 0.681. The maximum Gasteiger partial charge on any atom is 0.122 e. The standard InChI is InChI=1S/C16H29N3O/c1-4-8-17-11-14-7-10-20-16(14)13-19-9-5-6-15(12-19)18(2)3/h7,10,15,17H,4-6,8-9,11-13H2,1-3H3. The van der Waals surface area contributed by atoms with Crippen LogP contribution in [0.2, 0.25) is 0 Å². The summed E-state index contributed by atoms with van der Waals surface area (Å²) in [7, 11) is 4.36. The lowest BCUT2D eigenvalue weighted by Crippen LogP contribution is -2.44. The Bertz CT molecular complexity index is 389. The molecule has 1 saturated heterocycles. The lowest BCUT2D eigenvalue weighted by Gasteiger charge is -2.35. The van der Waals surface area contributed by atoms with Crippen LogP contribution in [0.1, 0.15) is 37.5 Å². The van der Waals surface area contributed by atoms with E-state index in [0.29, 0.717) is 6.04 Å². The van der Waals surface area contributed by atoms with E-state index < -0.39 is 0 Å². The topological polar surface area (TPSA) is 31.7 Å². The Morgan fingerprint density at radius 2 is 2.30 bits per heavy atom. The van der Waals surface area contributed by atoms with Crippen LogP contribution in [-0.4, -0.2) is 49.6 Å². The quantitative estimate of drug-likeness (QED) is 0.776. The van der Waals surface area contributed by atoms with E-state index in [0.717, 1.165) is 31.9 Å². The van der Waals surface area contributed by atoms with Crippen LogP contribution in [0, 0.1) is 0 Å². The van der Waals surface area contributed by atoms with Crippen LogP contribution >= 0.6 is 0 Å². The molecule has 1 fully saturated rings. The Balaban J connectivity index is 1.87. The molecule has 2 heterocycles. The van der Waals surface area contributed by atoms with Gasteiger partial charge in [-0.2, -0.15) is 0 Å². The van der Waals surface area contributed by atoms with Gasteiger partial charge in [-0.3, -0.25) is 4.90 Å². The summed E-state index contributed by atoms with van der Waals surface area (Å²) in [5, 5.41) is 3.46. The zero-order chi connectivity index (χ0) is 14.4. The summed E-state index contributed by atoms with van der Waals surface area (Å²) in [5.74, 6) is 1.13. The zero-order valence-corrected chi connectivity index (χ0v) is 13.2. The van der Waals surface area contributed by atoms with E-state index in [2.05, 4.69) is 42.2 Å². The fourth-order valence-electron chi connectivity index (χ4n) is 2.86. The summed E-state index contributed by atoms with van der Waals surface area (Å²) < 4.78 is 5.70. The molecule has 0 aliphatic carbocycles. The third-order valence-corrected chi connectivity index (χ3v) is 4.16. The SMILES string of the molecule is CCCNCc1ccoc1CN1CCCC(N(C)C)C1. The molecule has 0 bridgehead atoms. The van der Waals surface area contributed by atoms with Gasteiger partial charge >= 0.3 is 0 Å². The van der Waals surface area contributed by atoms with Crippen molar-refractivity contribution in [2.75, 3.05) is 33.7 Å². The van der Waals surface area contributed by atoms with Gasteiger partial charge in [-0.05, 0) is 52.5 Å². The molecular formula is C16H29N3O. The second kappa shape index (κ2) is 7.81. The molecule has 1 unspecified atom stereocenters. The molecule has 114 valence electrons. The van der Waals surface area contributed by atoms with Crippen molar-refractivity contribution in [2.45, 2.75) is 45.3 Å². The molecule has 2 rings (SSSR count). The van der Waals surface area contributed by atoms with Crippen molar-refractivity contribution in [3.05, 3.63) is 23.7 Å². The van der Waals surface area contributed by atoms with E-state index >= 15 is 0 Å². The van der Waals surface area contributed by atoms with Crippen LogP contribution in [0.3, 0.4) is 0 Å². The molecule has 0 aromatic carbocycles. The molecule has 1 aliphatic rings. The third kappa shape index (κ3) is 4.33. The number of piperidine rings is 1. The minimum absolute atomic E-state index is 0.681. The molecule has 1 N–H and O–H groups in total. The summed E-state index contributed by atoms with van der Waals surface area (Å²) >= 11 is 0. The van der Waals surface area contributed by atoms with Gasteiger partial charge in [0.15, 0.2) is 0 Å². The van der Waals surface area contributed by atoms with Crippen molar-refractivity contribution in [2.24, 2.45) is 0 Å². The molecule has 1 aromatic heterocycles. The second-order valence-corrected chi connectivity index (χ2v) is 6.04. The monoisotopic (exact) mass is 279 g/mol. The van der Waals surface area contributed by atoms with Crippen LogP contribution in [-0.2, 0) is 13.1 Å². The first-order valence-electron chi connectivity index (χ1n) is 7.85. The molecule has 4 nitrogen and oxygen atoms in total. The lowest BCUT2D eigenvalue weighted by molar-refractivity contribution is 0.121. The van der Waals surface area contributed by atoms with Gasteiger partial charge in [-0.25, -0.2) is 0 Å². The first kappa shape index (κ1) is 15.5. The Hall–Kier alpha value is -0.840. The van der Waals surface area contributed by atoms with Gasteiger partial charge in [-0.1, -0.05) is 6.92 Å². The van der Waals surface area contributed by atoms with Crippen LogP contribution < -0.4 is 5.32 Å². The van der Waals surface area contributed by atoms with Crippen molar-refractivity contribution in [3.8, 4) is 0 Å². The largest absolute Gasteiger partial charge is 0.468 e. The summed E-state index contributed by atoms with van der Waals surface area (Å²) in [6, 6.07) is 2.78. The van der Waals surface area contributed by atoms with Crippen LogP contribution in [0.25, 0.3) is 0 Å². The van der Waals surface area contributed by atoms with Gasteiger partial charge in [0.1, 0.15) is 5.76 Å². The Morgan fingerprint density at radius 1 is 1.45 bits per heavy atom. The fourth-order valence-corrected chi connectivity index (χ4v) is 2.86. The van der Waals surface area contributed by atoms with Crippen molar-refractivity contribution in [1.29, 1.82) is 0 Å². The van der Waals surface area contributed by atoms with Gasteiger partial charge in [0, 0.05) is 24.7 Å². The maximum absolute atomic E-state index is 5.70. The van der Waals surface area contributed by atoms with Gasteiger partial charge in [0.2, 0.25) is 0 Å². The van der Waals surface area contributed by atoms with Gasteiger partial charge in [-0.15, -0.1) is 0 Å². The minimum Gasteiger partial charge on any atom is -0.468 e. The second-order valence-electron chi connectivity index (χ2n) is 6.04. The van der Waals surface area contributed by atoms with Crippen molar-refractivity contribution in [1.82, 2.24) is 15.1 Å². The van der Waals surface area contributed by atoms with E-state index in [-0.39, 0.29) is 0 Å². The number of likely N-dealkylation sites (tertiary alicyclic amines) is 1. The number of furan rings is 1. The van der Waals surface area contributed by atoms with Gasteiger partial charge < -0.3 is 14.6 Å². The predicted octanol–water partition coefficient (Wildman–Crippen LogP) is 2.31. The number of likely N-dealkylation sites (N-methyl/N-ethyl adjacent to an activating group) is 1. The highest BCUT2D eigenvalue weighted by atomic mass is 16.3. The van der Waals surface area contributed by atoms with Crippen molar-refractivity contribution in [3.63, 3.8) is 0 Å². The van der Waals surface area contributed by atoms with Crippen molar-refractivity contribution >= 4 is 0 Å². The Labute approximate surface area is 123 Å². The fraction of sp³-hybridized carbons (Fsp3) is 0.750. The normalized spacial score (nSPS) is 20.7. The summed E-state index contributed by atoms with van der Waals surface area (Å²) in [5.41, 5.74) is 1.31. The van der Waals surface area contributed by atoms with E-state index in [1.165, 1.54) is 31.4 Å². The molecule has 0 radical (unpaired) electrons. The van der Waals surface area contributed by atoms with Crippen LogP contribution in [0.5, 0.6) is 0 Å². The smallest absolute Gasteiger partial charge is 0.122 e. The molecule has 1 aliphatic heterocycles. The van der Waals surface area contributed by atoms with E-state index in [1.54, 1.807) is 0 Å². The van der Waals surface area contributed by atoms with Crippen LogP contribution in [0.4, 0.5) is 0 Å². The maximum atomic E-state index is 5.70. The zero-order valence-electron chi connectivity index (χ0n) is 13.2. The number of nitrogens with one attached hydrogen (secondary N) is 1. The number of hydrogen-bond donors (Lipinski definition) is 1. The van der Waals surface area contributed by atoms with Crippen molar-refractivity contribution < 1.29 is 4.42 Å². The van der Waals surface area contributed by atoms with E-state index in [9.17, 15) is 0 Å². The number of rotatable bonds is 7. The highest BCUT2D eigenvalue weighted by Gasteiger charge is 2.22. The van der Waals surface area contributed by atoms with Crippen LogP contribution in [0.15, 0.2) is 16.7 Å². The Morgan fingerprint density at radius 3 is 3.05 bits per heavy atom. The predicted molar refractivity (Wildman–Crippen MR) is 82.7 cm³/mol. The highest BCUT2D eigenvalue weighted by molar-refractivity contribution is 5.17. The molecule has 20 heavy (non-hydrogen) atoms. The number of nitrogens with zero attached hydrogens (tertiary/aromatic N) is 2. The molecule has 0 spiro atoms. The lowest BCUT2D eigenvalue weighted by atomic mass is 10.0. The van der Waals surface area contributed by atoms with Gasteiger partial charge in [0.05, 0.1) is 12.8 Å². The Kier molecular flexibility index (Phi) is 6.07. The number of hydrogen-bond acceptors (Lipinski definition) is 4. The highest BCUT2D eigenvalue weighted by Crippen LogP contribution is 2.19. The summed E-state index contributed by atoms with van der Waals surface area (Å²) in [4.78, 5) is 4.87. The molecule has 1 atom stereocenters. The molecule has 0 saturated carbocycles. The molecule has 1 aromatic rings. The van der Waals surface area contributed by atoms with E-state index in [1.807, 2.05) is 6.26 Å². The average Bonchev–Trinajstić information content (AvgIpc) is 2.87. The average molecular weight is 279 g/mol. The molecule has 0 amide bonds. The summed E-state index contributed by atoms with van der Waals surface area (Å²) in [6.07, 6.45) is 5.59. The molecular weight excluding hydrogens is 250 g/mol. The van der Waals surface area contributed by atoms with E-state index in [4.69, 9.17) is 4.42 Å². The summed E-state index contributed by atoms with van der Waals surface area (Å²) in [6.45, 7) is 7.46.